The molecule has 0 radical (unpaired) electrons. The minimum atomic E-state index is -3.80. The number of aliphatic hydroxyl groups excluding tert-OH is 1. The molecule has 7 nitrogen and oxygen atoms in total. The largest absolute Gasteiger partial charge is 0.502 e. The minimum Gasteiger partial charge on any atom is -0.502 e. The molecule has 0 unspecified atom stereocenters. The summed E-state index contributed by atoms with van der Waals surface area (Å²) in [7, 11) is -3.80. The molecule has 0 aliphatic carbocycles. The molecule has 0 saturated heterocycles. The van der Waals surface area contributed by atoms with Crippen molar-refractivity contribution in [1.29, 1.82) is 0 Å². The molecule has 114 valence electrons. The first kappa shape index (κ1) is 15.5. The van der Waals surface area contributed by atoms with E-state index < -0.39 is 27.3 Å². The molecule has 2 rings (SSSR count). The summed E-state index contributed by atoms with van der Waals surface area (Å²) in [6.45, 7) is 0. The standard InChI is InChI=1S/C14H11NO6S/c16-11(8-12(17)14(18)19)10-6-7-13(15-10)22(20,21)9-4-2-1-3-5-9/h1-8,15,17H,(H,18,19). The second-order valence-corrected chi connectivity index (χ2v) is 6.17. The van der Waals surface area contributed by atoms with Crippen LogP contribution in [-0.4, -0.2) is 35.4 Å². The van der Waals surface area contributed by atoms with Gasteiger partial charge < -0.3 is 15.2 Å². The number of ketones is 1. The summed E-state index contributed by atoms with van der Waals surface area (Å²) in [5.74, 6) is -3.64. The second-order valence-electron chi connectivity index (χ2n) is 4.25. The van der Waals surface area contributed by atoms with Crippen LogP contribution < -0.4 is 0 Å². The zero-order chi connectivity index (χ0) is 16.3. The van der Waals surface area contributed by atoms with Crippen molar-refractivity contribution >= 4 is 21.6 Å². The van der Waals surface area contributed by atoms with Gasteiger partial charge in [0.2, 0.25) is 21.4 Å². The fraction of sp³-hybridized carbons (Fsp3) is 0. The number of aromatic amines is 1. The molecule has 8 heteroatoms. The summed E-state index contributed by atoms with van der Waals surface area (Å²) < 4.78 is 24.6. The van der Waals surface area contributed by atoms with Crippen LogP contribution in [0.4, 0.5) is 0 Å². The highest BCUT2D eigenvalue weighted by atomic mass is 32.2. The van der Waals surface area contributed by atoms with Gasteiger partial charge in [0.1, 0.15) is 5.03 Å². The summed E-state index contributed by atoms with van der Waals surface area (Å²) in [6.07, 6.45) is 0.493. The lowest BCUT2D eigenvalue weighted by Crippen LogP contribution is -2.06. The molecule has 0 amide bonds. The van der Waals surface area contributed by atoms with Gasteiger partial charge in [0.15, 0.2) is 0 Å². The van der Waals surface area contributed by atoms with E-state index in [0.717, 1.165) is 0 Å². The predicted octanol–water partition coefficient (Wildman–Crippen LogP) is 1.56. The first-order valence-corrected chi connectivity index (χ1v) is 7.48. The zero-order valence-electron chi connectivity index (χ0n) is 11.1. The van der Waals surface area contributed by atoms with Gasteiger partial charge in [-0.1, -0.05) is 18.2 Å². The Kier molecular flexibility index (Phi) is 4.13. The number of carboxylic acid groups (broad SMARTS) is 1. The number of hydrogen-bond acceptors (Lipinski definition) is 5. The summed E-state index contributed by atoms with van der Waals surface area (Å²) in [5.41, 5.74) is -0.151. The Morgan fingerprint density at radius 3 is 2.23 bits per heavy atom. The summed E-state index contributed by atoms with van der Waals surface area (Å²) in [5, 5.41) is 17.3. The number of allylic oxidation sites excluding steroid dienone is 1. The van der Waals surface area contributed by atoms with Gasteiger partial charge in [-0.3, -0.25) is 4.79 Å². The van der Waals surface area contributed by atoms with Gasteiger partial charge in [-0.2, -0.15) is 0 Å². The third-order valence-electron chi connectivity index (χ3n) is 2.75. The van der Waals surface area contributed by atoms with Gasteiger partial charge in [-0.15, -0.1) is 0 Å². The molecule has 1 heterocycles. The van der Waals surface area contributed by atoms with Gasteiger partial charge in [0, 0.05) is 6.08 Å². The maximum absolute atomic E-state index is 12.3. The smallest absolute Gasteiger partial charge is 0.371 e. The van der Waals surface area contributed by atoms with Crippen LogP contribution in [0.1, 0.15) is 10.5 Å². The highest BCUT2D eigenvalue weighted by Crippen LogP contribution is 2.20. The van der Waals surface area contributed by atoms with Crippen LogP contribution in [0.25, 0.3) is 0 Å². The fourth-order valence-corrected chi connectivity index (χ4v) is 2.93. The van der Waals surface area contributed by atoms with Crippen LogP contribution >= 0.6 is 0 Å². The Balaban J connectivity index is 2.35. The predicted molar refractivity (Wildman–Crippen MR) is 75.4 cm³/mol. The highest BCUT2D eigenvalue weighted by molar-refractivity contribution is 7.91. The lowest BCUT2D eigenvalue weighted by molar-refractivity contribution is -0.135. The van der Waals surface area contributed by atoms with E-state index in [9.17, 15) is 18.0 Å². The van der Waals surface area contributed by atoms with E-state index in [0.29, 0.717) is 6.08 Å². The van der Waals surface area contributed by atoms with Gasteiger partial charge in [-0.25, -0.2) is 13.2 Å². The number of rotatable bonds is 5. The monoisotopic (exact) mass is 321 g/mol. The number of benzene rings is 1. The lowest BCUT2D eigenvalue weighted by Gasteiger charge is -2.01. The van der Waals surface area contributed by atoms with Crippen molar-refractivity contribution in [1.82, 2.24) is 4.98 Å². The molecular formula is C14H11NO6S. The van der Waals surface area contributed by atoms with Gasteiger partial charge in [0.25, 0.3) is 0 Å². The van der Waals surface area contributed by atoms with Crippen molar-refractivity contribution in [3.05, 3.63) is 60.0 Å². The molecular weight excluding hydrogens is 310 g/mol. The molecule has 22 heavy (non-hydrogen) atoms. The SMILES string of the molecule is O=C(O)C(O)=CC(=O)c1ccc(S(=O)(=O)c2ccccc2)[nH]1. The Hall–Kier alpha value is -2.87. The van der Waals surface area contributed by atoms with Crippen molar-refractivity contribution in [2.24, 2.45) is 0 Å². The lowest BCUT2D eigenvalue weighted by atomic mass is 10.2. The van der Waals surface area contributed by atoms with Gasteiger partial charge in [-0.05, 0) is 24.3 Å². The Morgan fingerprint density at radius 1 is 1.00 bits per heavy atom. The molecule has 0 aliphatic heterocycles. The number of carboxylic acids is 1. The Labute approximate surface area is 125 Å². The van der Waals surface area contributed by atoms with E-state index in [4.69, 9.17) is 10.2 Å². The van der Waals surface area contributed by atoms with E-state index in [1.165, 1.54) is 24.3 Å². The molecule has 1 aromatic carbocycles. The molecule has 0 spiro atoms. The average Bonchev–Trinajstić information content (AvgIpc) is 2.98. The van der Waals surface area contributed by atoms with Crippen LogP contribution in [0.5, 0.6) is 0 Å². The maximum Gasteiger partial charge on any atom is 0.371 e. The number of sulfone groups is 1. The maximum atomic E-state index is 12.3. The third kappa shape index (κ3) is 3.07. The van der Waals surface area contributed by atoms with E-state index in [2.05, 4.69) is 4.98 Å². The minimum absolute atomic E-state index is 0.0553. The molecule has 2 aromatic rings. The fourth-order valence-electron chi connectivity index (χ4n) is 1.67. The summed E-state index contributed by atoms with van der Waals surface area (Å²) in [6, 6.07) is 10.0. The van der Waals surface area contributed by atoms with Crippen LogP contribution in [0.15, 0.2) is 64.2 Å². The first-order valence-electron chi connectivity index (χ1n) is 6.00. The van der Waals surface area contributed by atoms with Crippen LogP contribution in [-0.2, 0) is 14.6 Å². The molecule has 0 bridgehead atoms. The number of carbonyl (C=O) groups is 2. The number of aromatic nitrogens is 1. The number of aliphatic carboxylic acids is 1. The molecule has 0 aliphatic rings. The number of carbonyl (C=O) groups excluding carboxylic acids is 1. The molecule has 0 saturated carbocycles. The average molecular weight is 321 g/mol. The van der Waals surface area contributed by atoms with Gasteiger partial charge >= 0.3 is 5.97 Å². The van der Waals surface area contributed by atoms with E-state index in [1.54, 1.807) is 18.2 Å². The molecule has 3 N–H and O–H groups in total. The molecule has 0 atom stereocenters. The number of hydrogen-bond donors (Lipinski definition) is 3. The number of H-pyrrole nitrogens is 1. The molecule has 0 fully saturated rings. The summed E-state index contributed by atoms with van der Waals surface area (Å²) >= 11 is 0. The van der Waals surface area contributed by atoms with Crippen molar-refractivity contribution in [2.75, 3.05) is 0 Å². The van der Waals surface area contributed by atoms with Gasteiger partial charge in [0.05, 0.1) is 10.6 Å². The number of nitrogens with one attached hydrogen (secondary N) is 1. The summed E-state index contributed by atoms with van der Waals surface area (Å²) in [4.78, 5) is 24.6. The van der Waals surface area contributed by atoms with Crippen molar-refractivity contribution in [3.63, 3.8) is 0 Å². The van der Waals surface area contributed by atoms with Crippen molar-refractivity contribution in [3.8, 4) is 0 Å². The van der Waals surface area contributed by atoms with E-state index in [-0.39, 0.29) is 15.6 Å². The Morgan fingerprint density at radius 2 is 1.64 bits per heavy atom. The normalized spacial score (nSPS) is 12.1. The Bertz CT molecular complexity index is 848. The topological polar surface area (TPSA) is 125 Å². The van der Waals surface area contributed by atoms with Crippen LogP contribution in [0, 0.1) is 0 Å². The van der Waals surface area contributed by atoms with Crippen molar-refractivity contribution < 1.29 is 28.2 Å². The van der Waals surface area contributed by atoms with E-state index >= 15 is 0 Å². The van der Waals surface area contributed by atoms with Crippen LogP contribution in [0.3, 0.4) is 0 Å². The quantitative estimate of drug-likeness (QED) is 0.436. The third-order valence-corrected chi connectivity index (χ3v) is 4.46. The second kappa shape index (κ2) is 5.86. The number of aliphatic hydroxyl groups is 1. The molecule has 1 aromatic heterocycles. The highest BCUT2D eigenvalue weighted by Gasteiger charge is 2.20. The van der Waals surface area contributed by atoms with Crippen molar-refractivity contribution in [2.45, 2.75) is 9.92 Å². The first-order chi connectivity index (χ1) is 10.3. The zero-order valence-corrected chi connectivity index (χ0v) is 11.9. The van der Waals surface area contributed by atoms with E-state index in [1.807, 2.05) is 0 Å². The van der Waals surface area contributed by atoms with Crippen LogP contribution in [0.2, 0.25) is 0 Å².